The number of unbranched alkanes of at least 4 members (excludes halogenated alkanes) is 4. The summed E-state index contributed by atoms with van der Waals surface area (Å²) in [5, 5.41) is 0. The van der Waals surface area contributed by atoms with Crippen molar-refractivity contribution < 1.29 is 9.18 Å². The minimum absolute atomic E-state index is 0.216. The first-order valence-corrected chi connectivity index (χ1v) is 10.3. The van der Waals surface area contributed by atoms with E-state index in [-0.39, 0.29) is 11.7 Å². The third-order valence-corrected chi connectivity index (χ3v) is 4.92. The van der Waals surface area contributed by atoms with Gasteiger partial charge in [-0.15, -0.1) is 0 Å². The molecule has 0 unspecified atom stereocenters. The van der Waals surface area contributed by atoms with Crippen LogP contribution in [0, 0.1) is 5.82 Å². The van der Waals surface area contributed by atoms with Crippen molar-refractivity contribution in [3.8, 4) is 0 Å². The van der Waals surface area contributed by atoms with Crippen LogP contribution in [0.3, 0.4) is 0 Å². The van der Waals surface area contributed by atoms with E-state index >= 15 is 0 Å². The number of hydrogen-bond donors (Lipinski definition) is 0. The number of aromatic nitrogens is 1. The average Bonchev–Trinajstić information content (AvgIpc) is 3.09. The largest absolute Gasteiger partial charge is 0.345 e. The lowest BCUT2D eigenvalue weighted by atomic mass is 10.1. The fourth-order valence-corrected chi connectivity index (χ4v) is 3.26. The Kier molecular flexibility index (Phi) is 9.09. The summed E-state index contributed by atoms with van der Waals surface area (Å²) < 4.78 is 15.3. The molecule has 0 saturated heterocycles. The topological polar surface area (TPSA) is 25.2 Å². The van der Waals surface area contributed by atoms with E-state index < -0.39 is 0 Å². The Morgan fingerprint density at radius 3 is 2.41 bits per heavy atom. The minimum atomic E-state index is -0.216. The molecule has 0 bridgehead atoms. The van der Waals surface area contributed by atoms with Crippen molar-refractivity contribution in [1.82, 2.24) is 9.47 Å². The molecule has 148 valence electrons. The highest BCUT2D eigenvalue weighted by Gasteiger charge is 2.15. The summed E-state index contributed by atoms with van der Waals surface area (Å²) in [7, 11) is 0. The molecular weight excluding hydrogens is 339 g/mol. The van der Waals surface area contributed by atoms with Gasteiger partial charge in [-0.25, -0.2) is 4.39 Å². The van der Waals surface area contributed by atoms with Crippen LogP contribution in [0.15, 0.2) is 42.6 Å². The first-order chi connectivity index (χ1) is 13.1. The van der Waals surface area contributed by atoms with Crippen LogP contribution in [0.4, 0.5) is 4.39 Å². The van der Waals surface area contributed by atoms with Gasteiger partial charge in [-0.3, -0.25) is 4.79 Å². The number of hydrogen-bond acceptors (Lipinski definition) is 1. The zero-order chi connectivity index (χ0) is 19.5. The summed E-state index contributed by atoms with van der Waals surface area (Å²) in [4.78, 5) is 14.7. The molecule has 0 saturated carbocycles. The molecule has 0 aliphatic rings. The van der Waals surface area contributed by atoms with E-state index in [4.69, 9.17) is 0 Å². The van der Waals surface area contributed by atoms with Crippen LogP contribution < -0.4 is 0 Å². The standard InChI is InChI=1S/C23H33FN2O/c1-3-5-7-11-23(27)26(16-8-6-4-2)19-22-10-9-17-25(22)18-20-12-14-21(24)15-13-20/h9-10,12-15,17H,3-8,11,16,18-19H2,1-2H3. The number of amides is 1. The molecule has 4 heteroatoms. The third kappa shape index (κ3) is 7.20. The number of nitrogens with zero attached hydrogens (tertiary/aromatic N) is 2. The number of carbonyl (C=O) groups is 1. The number of carbonyl (C=O) groups excluding carboxylic acids is 1. The summed E-state index contributed by atoms with van der Waals surface area (Å²) in [5.74, 6) is 0.0420. The van der Waals surface area contributed by atoms with Gasteiger partial charge in [-0.05, 0) is 42.7 Å². The monoisotopic (exact) mass is 372 g/mol. The van der Waals surface area contributed by atoms with Gasteiger partial charge in [0.05, 0.1) is 6.54 Å². The van der Waals surface area contributed by atoms with Gasteiger partial charge in [0.25, 0.3) is 0 Å². The number of benzene rings is 1. The van der Waals surface area contributed by atoms with Crippen molar-refractivity contribution in [2.45, 2.75) is 71.9 Å². The SMILES string of the molecule is CCCCCC(=O)N(CCCCC)Cc1cccn1Cc1ccc(F)cc1. The van der Waals surface area contributed by atoms with Crippen molar-refractivity contribution in [3.05, 3.63) is 59.7 Å². The maximum atomic E-state index is 13.1. The van der Waals surface area contributed by atoms with Gasteiger partial charge in [0.1, 0.15) is 5.82 Å². The molecule has 1 aromatic heterocycles. The van der Waals surface area contributed by atoms with Crippen molar-refractivity contribution in [3.63, 3.8) is 0 Å². The molecule has 1 heterocycles. The summed E-state index contributed by atoms with van der Waals surface area (Å²) in [5.41, 5.74) is 2.18. The van der Waals surface area contributed by atoms with Crippen LogP contribution in [0.1, 0.15) is 70.1 Å². The predicted molar refractivity (Wildman–Crippen MR) is 109 cm³/mol. The summed E-state index contributed by atoms with van der Waals surface area (Å²) in [6, 6.07) is 10.7. The Hall–Kier alpha value is -2.10. The van der Waals surface area contributed by atoms with Crippen LogP contribution in [0.5, 0.6) is 0 Å². The highest BCUT2D eigenvalue weighted by molar-refractivity contribution is 5.76. The molecule has 0 radical (unpaired) electrons. The molecule has 27 heavy (non-hydrogen) atoms. The lowest BCUT2D eigenvalue weighted by Gasteiger charge is -2.24. The van der Waals surface area contributed by atoms with Gasteiger partial charge in [-0.2, -0.15) is 0 Å². The summed E-state index contributed by atoms with van der Waals surface area (Å²) >= 11 is 0. The van der Waals surface area contributed by atoms with Gasteiger partial charge < -0.3 is 9.47 Å². The molecule has 2 aromatic rings. The maximum Gasteiger partial charge on any atom is 0.222 e. The normalized spacial score (nSPS) is 10.9. The molecule has 0 aliphatic heterocycles. The van der Waals surface area contributed by atoms with Gasteiger partial charge >= 0.3 is 0 Å². The van der Waals surface area contributed by atoms with Gasteiger partial charge in [0.2, 0.25) is 5.91 Å². The zero-order valence-corrected chi connectivity index (χ0v) is 16.8. The maximum absolute atomic E-state index is 13.1. The van der Waals surface area contributed by atoms with E-state index in [1.54, 1.807) is 0 Å². The van der Waals surface area contributed by atoms with E-state index in [0.717, 1.165) is 56.3 Å². The Labute approximate surface area is 163 Å². The first kappa shape index (κ1) is 21.2. The molecule has 0 atom stereocenters. The second-order valence-electron chi connectivity index (χ2n) is 7.23. The van der Waals surface area contributed by atoms with E-state index in [9.17, 15) is 9.18 Å². The first-order valence-electron chi connectivity index (χ1n) is 10.3. The lowest BCUT2D eigenvalue weighted by Crippen LogP contribution is -2.32. The molecule has 2 rings (SSSR count). The van der Waals surface area contributed by atoms with Gasteiger partial charge in [0, 0.05) is 31.4 Å². The lowest BCUT2D eigenvalue weighted by molar-refractivity contribution is -0.132. The van der Waals surface area contributed by atoms with Crippen molar-refractivity contribution in [2.75, 3.05) is 6.54 Å². The molecule has 1 aromatic carbocycles. The zero-order valence-electron chi connectivity index (χ0n) is 16.8. The molecule has 0 spiro atoms. The van der Waals surface area contributed by atoms with E-state index in [2.05, 4.69) is 24.5 Å². The number of rotatable bonds is 12. The van der Waals surface area contributed by atoms with Crippen molar-refractivity contribution >= 4 is 5.91 Å². The van der Waals surface area contributed by atoms with Crippen LogP contribution in [-0.2, 0) is 17.9 Å². The Bertz CT molecular complexity index is 678. The fraction of sp³-hybridized carbons (Fsp3) is 0.522. The second-order valence-corrected chi connectivity index (χ2v) is 7.23. The smallest absolute Gasteiger partial charge is 0.222 e. The van der Waals surface area contributed by atoms with Crippen molar-refractivity contribution in [1.29, 1.82) is 0 Å². The van der Waals surface area contributed by atoms with E-state index in [1.165, 1.54) is 12.1 Å². The molecule has 1 amide bonds. The highest BCUT2D eigenvalue weighted by Crippen LogP contribution is 2.14. The predicted octanol–water partition coefficient (Wildman–Crippen LogP) is 5.77. The fourth-order valence-electron chi connectivity index (χ4n) is 3.26. The van der Waals surface area contributed by atoms with Crippen LogP contribution in [0.2, 0.25) is 0 Å². The Morgan fingerprint density at radius 1 is 1.00 bits per heavy atom. The molecule has 0 N–H and O–H groups in total. The summed E-state index contributed by atoms with van der Waals surface area (Å²) in [6.45, 7) is 6.49. The highest BCUT2D eigenvalue weighted by atomic mass is 19.1. The molecule has 0 fully saturated rings. The number of halogens is 1. The third-order valence-electron chi connectivity index (χ3n) is 4.92. The molecule has 3 nitrogen and oxygen atoms in total. The van der Waals surface area contributed by atoms with E-state index in [0.29, 0.717) is 19.5 Å². The Balaban J connectivity index is 2.03. The van der Waals surface area contributed by atoms with Crippen molar-refractivity contribution in [2.24, 2.45) is 0 Å². The van der Waals surface area contributed by atoms with Crippen LogP contribution in [-0.4, -0.2) is 21.9 Å². The minimum Gasteiger partial charge on any atom is -0.345 e. The Morgan fingerprint density at radius 2 is 1.70 bits per heavy atom. The average molecular weight is 373 g/mol. The molecular formula is C23H33FN2O. The van der Waals surface area contributed by atoms with Crippen LogP contribution in [0.25, 0.3) is 0 Å². The molecule has 0 aliphatic carbocycles. The second kappa shape index (κ2) is 11.6. The summed E-state index contributed by atoms with van der Waals surface area (Å²) in [6.07, 6.45) is 9.22. The van der Waals surface area contributed by atoms with Gasteiger partial charge in [-0.1, -0.05) is 51.7 Å². The quantitative estimate of drug-likeness (QED) is 0.434. The van der Waals surface area contributed by atoms with Gasteiger partial charge in [0.15, 0.2) is 0 Å². The van der Waals surface area contributed by atoms with Crippen LogP contribution >= 0.6 is 0 Å². The van der Waals surface area contributed by atoms with E-state index in [1.807, 2.05) is 29.3 Å².